The number of hydrogen-bond acceptors (Lipinski definition) is 3. The standard InChI is InChI=1S/C69H46N6Si/c1-5-23-47(24-6-1)67-70-68(48-43-45-52(46-44-48)76(49-25-7-2-8-26-49,50-27-9-3-10-28-50)51-29-11-4-12-30-51)72-69(71-67)75-60-38-19-15-33-55(60)56-35-21-42-64(66(56)75)74-61-39-20-16-34-57(61)65-62(40-22-41-63(65)74)73-58-36-17-13-31-53(58)54-32-14-18-37-59(54)73/h1-46H/i1D,2D,3D,4D,5D,6D,7D,8D,9D,10D,11D,12D,15D,16D,19D,20D,21D,22D,23D,24D,25D,26D,27D,28D,29D,30D,33D,34D,35D,38D,39D,40D,41D,42D,43D,44D,45D,46D. The highest BCUT2D eigenvalue weighted by Crippen LogP contribution is 2.43. The monoisotopic (exact) mass is 1020 g/mol. The van der Waals surface area contributed by atoms with Crippen molar-refractivity contribution < 1.29 is 52.1 Å². The van der Waals surface area contributed by atoms with Crippen LogP contribution in [-0.4, -0.2) is 36.7 Å². The van der Waals surface area contributed by atoms with Crippen molar-refractivity contribution >= 4 is 94.2 Å². The average molecular weight is 1030 g/mol. The zero-order valence-corrected chi connectivity index (χ0v) is 39.3. The van der Waals surface area contributed by atoms with E-state index in [1.807, 2.05) is 0 Å². The van der Waals surface area contributed by atoms with Crippen LogP contribution in [0.4, 0.5) is 0 Å². The van der Waals surface area contributed by atoms with Gasteiger partial charge in [0.2, 0.25) is 5.95 Å². The molecule has 0 saturated heterocycles. The molecule has 0 radical (unpaired) electrons. The van der Waals surface area contributed by atoms with Crippen molar-refractivity contribution in [3.63, 3.8) is 0 Å². The Hall–Kier alpha value is -9.95. The van der Waals surface area contributed by atoms with Gasteiger partial charge in [-0.15, -0.1) is 0 Å². The van der Waals surface area contributed by atoms with E-state index in [9.17, 15) is 34.3 Å². The molecule has 0 fully saturated rings. The maximum Gasteiger partial charge on any atom is 0.238 e. The maximum absolute atomic E-state index is 10.4. The Bertz CT molecular complexity index is 6690. The Morgan fingerprint density at radius 3 is 1.34 bits per heavy atom. The van der Waals surface area contributed by atoms with Crippen LogP contribution in [0.25, 0.3) is 106 Å². The molecular formula is C69H46N6Si. The quantitative estimate of drug-likeness (QED) is 0.107. The lowest BCUT2D eigenvalue weighted by Gasteiger charge is -2.34. The summed E-state index contributed by atoms with van der Waals surface area (Å²) in [6, 6.07) is -30.8. The Morgan fingerprint density at radius 1 is 0.303 bits per heavy atom. The number of rotatable bonds is 9. The summed E-state index contributed by atoms with van der Waals surface area (Å²) in [7, 11) is -6.58. The first-order chi connectivity index (χ1) is 53.5. The molecule has 0 aliphatic carbocycles. The summed E-state index contributed by atoms with van der Waals surface area (Å²) in [5.74, 6) is -3.55. The van der Waals surface area contributed by atoms with Crippen LogP contribution in [0.1, 0.15) is 52.1 Å². The van der Waals surface area contributed by atoms with Crippen molar-refractivity contribution in [3.05, 3.63) is 278 Å². The van der Waals surface area contributed by atoms with Crippen LogP contribution >= 0.6 is 0 Å². The zero-order chi connectivity index (χ0) is 83.2. The molecule has 0 aliphatic rings. The van der Waals surface area contributed by atoms with Crippen molar-refractivity contribution in [2.75, 3.05) is 0 Å². The fourth-order valence-electron chi connectivity index (χ4n) is 9.75. The largest absolute Gasteiger partial charge is 0.309 e. The Labute approximate surface area is 493 Å². The smallest absolute Gasteiger partial charge is 0.238 e. The molecule has 0 bridgehead atoms. The van der Waals surface area contributed by atoms with Crippen LogP contribution in [0.15, 0.2) is 278 Å². The lowest BCUT2D eigenvalue weighted by atomic mass is 10.1. The van der Waals surface area contributed by atoms with E-state index < -0.39 is 331 Å². The summed E-state index contributed by atoms with van der Waals surface area (Å²) in [5, 5.41) is -6.26. The van der Waals surface area contributed by atoms with E-state index in [4.69, 9.17) is 17.8 Å². The highest BCUT2D eigenvalue weighted by Gasteiger charge is 2.41. The SMILES string of the molecule is [2H]c1c([2H])c([2H])c(-c2nc(-c3c([2H])c([2H])c([Si](c4c([2H])c([2H])c([2H])c([2H])c4[2H])(c4c([2H])c([2H])c([2H])c([2H])c4[2H])c4c([2H])c([2H])c([2H])c([2H])c4[2H])c([2H])c3[2H])nc(-n3c4c([2H])c([2H])c([2H])c([2H])c4c4c([2H])c([2H])c([2H])c(-n5c6c([2H])c([2H])c([2H])c([2H])c6c6c(-n7c8ccccc8c8ccccc87)c([2H])c([2H])c([2H])c65)c43)n2)c([2H])c1[2H]. The summed E-state index contributed by atoms with van der Waals surface area (Å²) < 4.78 is 362. The van der Waals surface area contributed by atoms with Gasteiger partial charge in [0.05, 0.1) is 96.6 Å². The summed E-state index contributed by atoms with van der Waals surface area (Å²) in [6.07, 6.45) is 0. The van der Waals surface area contributed by atoms with Crippen LogP contribution in [-0.2, 0) is 0 Å². The molecule has 0 aliphatic heterocycles. The number of aromatic nitrogens is 6. The van der Waals surface area contributed by atoms with E-state index in [0.717, 1.165) is 4.57 Å². The molecular weight excluding hydrogens is 941 g/mol. The third kappa shape index (κ3) is 6.62. The van der Waals surface area contributed by atoms with Crippen LogP contribution in [0.2, 0.25) is 0 Å². The highest BCUT2D eigenvalue weighted by molar-refractivity contribution is 7.19. The third-order valence-corrected chi connectivity index (χ3v) is 16.8. The van der Waals surface area contributed by atoms with Gasteiger partial charge in [0.1, 0.15) is 0 Å². The fourth-order valence-corrected chi connectivity index (χ4v) is 13.3. The molecule has 15 rings (SSSR count). The van der Waals surface area contributed by atoms with Gasteiger partial charge in [0.25, 0.3) is 0 Å². The van der Waals surface area contributed by atoms with Crippen molar-refractivity contribution in [2.24, 2.45) is 0 Å². The number of benzene rings is 11. The Balaban J connectivity index is 1.19. The van der Waals surface area contributed by atoms with Gasteiger partial charge in [0.15, 0.2) is 19.7 Å². The second-order valence-corrected chi connectivity index (χ2v) is 20.2. The van der Waals surface area contributed by atoms with E-state index in [-0.39, 0.29) is 11.1 Å². The number of para-hydroxylation sites is 5. The van der Waals surface area contributed by atoms with E-state index in [0.29, 0.717) is 26.4 Å². The molecule has 0 unspecified atom stereocenters. The maximum atomic E-state index is 10.4. The van der Waals surface area contributed by atoms with Crippen molar-refractivity contribution in [1.29, 1.82) is 0 Å². The molecule has 4 aromatic heterocycles. The number of fused-ring (bicyclic) bond motifs is 9. The van der Waals surface area contributed by atoms with E-state index in [1.165, 1.54) is 4.57 Å². The van der Waals surface area contributed by atoms with Gasteiger partial charge in [-0.05, 0) is 63.1 Å². The normalized spacial score (nSPS) is 18.9. The molecule has 11 aromatic carbocycles. The summed E-state index contributed by atoms with van der Waals surface area (Å²) >= 11 is 0. The van der Waals surface area contributed by atoms with Crippen LogP contribution in [0.5, 0.6) is 0 Å². The van der Waals surface area contributed by atoms with Crippen LogP contribution < -0.4 is 20.7 Å². The molecule has 4 heterocycles. The average Bonchev–Trinajstić information content (AvgIpc) is 1.13. The number of nitrogens with zero attached hydrogens (tertiary/aromatic N) is 6. The summed E-state index contributed by atoms with van der Waals surface area (Å²) in [6.45, 7) is 0. The highest BCUT2D eigenvalue weighted by atomic mass is 28.3. The first-order valence-corrected chi connectivity index (χ1v) is 24.8. The van der Waals surface area contributed by atoms with E-state index in [1.54, 1.807) is 48.5 Å². The molecule has 0 spiro atoms. The Morgan fingerprint density at radius 2 is 0.737 bits per heavy atom. The first kappa shape index (κ1) is 20.1. The van der Waals surface area contributed by atoms with Gasteiger partial charge >= 0.3 is 0 Å². The molecule has 7 heteroatoms. The van der Waals surface area contributed by atoms with Gasteiger partial charge in [0, 0.05) is 43.4 Å². The minimum Gasteiger partial charge on any atom is -0.309 e. The minimum atomic E-state index is -6.58. The first-order valence-electron chi connectivity index (χ1n) is 41.8. The lowest BCUT2D eigenvalue weighted by Crippen LogP contribution is -2.74. The van der Waals surface area contributed by atoms with Crippen molar-refractivity contribution in [1.82, 2.24) is 28.7 Å². The molecule has 0 atom stereocenters. The second kappa shape index (κ2) is 17.6. The van der Waals surface area contributed by atoms with Gasteiger partial charge in [-0.2, -0.15) is 9.97 Å². The predicted octanol–water partition coefficient (Wildman–Crippen LogP) is 13.9. The molecule has 0 saturated carbocycles. The van der Waals surface area contributed by atoms with Gasteiger partial charge in [-0.1, -0.05) is 236 Å². The number of hydrogen-bond donors (Lipinski definition) is 0. The predicted molar refractivity (Wildman–Crippen MR) is 317 cm³/mol. The Kier molecular flexibility index (Phi) is 4.65. The molecule has 0 amide bonds. The topological polar surface area (TPSA) is 53.5 Å². The molecule has 76 heavy (non-hydrogen) atoms. The second-order valence-electron chi connectivity index (χ2n) is 16.7. The van der Waals surface area contributed by atoms with Gasteiger partial charge in [-0.3, -0.25) is 4.57 Å². The lowest BCUT2D eigenvalue weighted by molar-refractivity contribution is 0.950. The summed E-state index contributed by atoms with van der Waals surface area (Å²) in [4.78, 5) is 13.7. The summed E-state index contributed by atoms with van der Waals surface area (Å²) in [5.41, 5.74) is -5.65. The van der Waals surface area contributed by atoms with E-state index in [2.05, 4.69) is 15.0 Å². The molecule has 0 N–H and O–H groups in total. The third-order valence-electron chi connectivity index (χ3n) is 12.8. The van der Waals surface area contributed by atoms with Crippen molar-refractivity contribution in [3.8, 4) is 40.1 Å². The zero-order valence-electron chi connectivity index (χ0n) is 76.3. The molecule has 356 valence electrons. The van der Waals surface area contributed by atoms with Crippen molar-refractivity contribution in [2.45, 2.75) is 0 Å². The fraction of sp³-hybridized carbons (Fsp3) is 0. The van der Waals surface area contributed by atoms with Crippen LogP contribution in [0.3, 0.4) is 0 Å². The van der Waals surface area contributed by atoms with E-state index >= 15 is 0 Å². The van der Waals surface area contributed by atoms with Gasteiger partial charge < -0.3 is 9.13 Å². The minimum absolute atomic E-state index is 0.283. The van der Waals surface area contributed by atoms with Crippen LogP contribution in [0, 0.1) is 0 Å². The molecule has 15 aromatic rings. The van der Waals surface area contributed by atoms with Gasteiger partial charge in [-0.25, -0.2) is 4.98 Å². The molecule has 6 nitrogen and oxygen atoms in total.